The van der Waals surface area contributed by atoms with E-state index < -0.39 is 41.8 Å². The van der Waals surface area contributed by atoms with Gasteiger partial charge in [-0.1, -0.05) is 0 Å². The van der Waals surface area contributed by atoms with Gasteiger partial charge in [-0.15, -0.1) is 0 Å². The number of rotatable bonds is 5. The van der Waals surface area contributed by atoms with Crippen LogP contribution >= 0.6 is 0 Å². The Kier molecular flexibility index (Phi) is 6.19. The number of nitrogens with one attached hydrogen (secondary N) is 1. The summed E-state index contributed by atoms with van der Waals surface area (Å²) in [7, 11) is 0. The Hall–Kier alpha value is -3.47. The van der Waals surface area contributed by atoms with Crippen LogP contribution in [-0.4, -0.2) is 45.4 Å². The molecule has 2 aliphatic heterocycles. The van der Waals surface area contributed by atoms with Crippen molar-refractivity contribution < 1.29 is 27.1 Å². The molecule has 3 aromatic rings. The fourth-order valence-electron chi connectivity index (χ4n) is 5.13. The van der Waals surface area contributed by atoms with Crippen molar-refractivity contribution in [1.29, 1.82) is 0 Å². The molecule has 1 saturated heterocycles. The highest BCUT2D eigenvalue weighted by Gasteiger charge is 2.46. The van der Waals surface area contributed by atoms with E-state index in [0.29, 0.717) is 40.3 Å². The summed E-state index contributed by atoms with van der Waals surface area (Å²) < 4.78 is 59.1. The number of anilines is 1. The molecule has 0 bridgehead atoms. The van der Waals surface area contributed by atoms with Crippen LogP contribution in [0.5, 0.6) is 0 Å². The Morgan fingerprint density at radius 1 is 1.19 bits per heavy atom. The van der Waals surface area contributed by atoms with Gasteiger partial charge in [-0.25, -0.2) is 22.5 Å². The third-order valence-electron chi connectivity index (χ3n) is 7.12. The smallest absolute Gasteiger partial charge is 0.257 e. The van der Waals surface area contributed by atoms with Gasteiger partial charge in [-0.05, 0) is 36.6 Å². The van der Waals surface area contributed by atoms with Crippen LogP contribution < -0.4 is 10.0 Å². The zero-order valence-corrected chi connectivity index (χ0v) is 19.5. The number of aromatic nitrogens is 3. The van der Waals surface area contributed by atoms with Gasteiger partial charge in [0.2, 0.25) is 5.91 Å². The minimum absolute atomic E-state index is 0.0410. The number of fused-ring (bicyclic) bond motifs is 1. The van der Waals surface area contributed by atoms with Gasteiger partial charge in [0, 0.05) is 50.3 Å². The highest BCUT2D eigenvalue weighted by molar-refractivity contribution is 5.93. The number of hydrogen-bond donors (Lipinski definition) is 1. The second-order valence-electron chi connectivity index (χ2n) is 9.42. The standard InChI is InChI=1S/C25H25F4N5O2/c1-15(32-9-6-25(28,29)20(13-32)16-4-7-33(36)8-5-16)24(35)31-22-14-34-21(2-3-23(34)30-22)17-10-18(26)12-19(27)11-17/h4-5,7-8,10-12,14-15,20-21H,2-3,6,9,13H2,1H3,(H,31,35)/t15-,20+,21+/m1/s1. The van der Waals surface area contributed by atoms with Gasteiger partial charge in [-0.3, -0.25) is 9.69 Å². The number of aryl methyl sites for hydroxylation is 1. The molecule has 36 heavy (non-hydrogen) atoms. The first kappa shape index (κ1) is 24.2. The van der Waals surface area contributed by atoms with Gasteiger partial charge in [0.1, 0.15) is 17.5 Å². The second kappa shape index (κ2) is 9.20. The highest BCUT2D eigenvalue weighted by Crippen LogP contribution is 2.40. The number of carbonyl (C=O) groups is 1. The van der Waals surface area contributed by atoms with Crippen LogP contribution in [0.15, 0.2) is 48.9 Å². The lowest BCUT2D eigenvalue weighted by molar-refractivity contribution is -0.605. The van der Waals surface area contributed by atoms with Crippen molar-refractivity contribution in [3.8, 4) is 0 Å². The molecule has 1 N–H and O–H groups in total. The van der Waals surface area contributed by atoms with Crippen LogP contribution in [-0.2, 0) is 11.2 Å². The van der Waals surface area contributed by atoms with E-state index in [4.69, 9.17) is 0 Å². The van der Waals surface area contributed by atoms with E-state index in [1.165, 1.54) is 36.7 Å². The lowest BCUT2D eigenvalue weighted by atomic mass is 9.87. The Morgan fingerprint density at radius 3 is 2.58 bits per heavy atom. The van der Waals surface area contributed by atoms with Crippen molar-refractivity contribution in [1.82, 2.24) is 14.5 Å². The Bertz CT molecular complexity index is 1260. The number of benzene rings is 1. The third-order valence-corrected chi connectivity index (χ3v) is 7.12. The van der Waals surface area contributed by atoms with Gasteiger partial charge in [-0.2, -0.15) is 4.73 Å². The van der Waals surface area contributed by atoms with Crippen LogP contribution in [0, 0.1) is 16.8 Å². The molecule has 0 aliphatic carbocycles. The number of carbonyl (C=O) groups excluding carboxylic acids is 1. The first-order valence-electron chi connectivity index (χ1n) is 11.8. The molecule has 7 nitrogen and oxygen atoms in total. The molecular formula is C25H25F4N5O2. The molecule has 2 aromatic heterocycles. The van der Waals surface area contributed by atoms with Crippen molar-refractivity contribution in [2.45, 2.75) is 50.1 Å². The van der Waals surface area contributed by atoms with Crippen molar-refractivity contribution in [2.24, 2.45) is 0 Å². The third kappa shape index (κ3) is 4.67. The molecule has 5 rings (SSSR count). The SMILES string of the molecule is C[C@H](C(=O)Nc1cn2c(n1)CC[C@H]2c1cc(F)cc(F)c1)N1CCC(F)(F)[C@H](c2cc[n+]([O-])cc2)C1. The number of halogens is 4. The number of nitrogens with zero attached hydrogens (tertiary/aromatic N) is 4. The maximum absolute atomic E-state index is 14.7. The molecule has 4 heterocycles. The predicted molar refractivity (Wildman–Crippen MR) is 122 cm³/mol. The predicted octanol–water partition coefficient (Wildman–Crippen LogP) is 3.78. The summed E-state index contributed by atoms with van der Waals surface area (Å²) in [5.41, 5.74) is 0.827. The highest BCUT2D eigenvalue weighted by atomic mass is 19.3. The average Bonchev–Trinajstić information content (AvgIpc) is 3.39. The molecule has 3 atom stereocenters. The number of amides is 1. The summed E-state index contributed by atoms with van der Waals surface area (Å²) in [6.07, 6.45) is 4.80. The van der Waals surface area contributed by atoms with Gasteiger partial charge < -0.3 is 15.1 Å². The van der Waals surface area contributed by atoms with Crippen LogP contribution in [0.25, 0.3) is 0 Å². The molecule has 1 aromatic carbocycles. The van der Waals surface area contributed by atoms with E-state index in [1.54, 1.807) is 22.6 Å². The minimum atomic E-state index is -2.96. The molecule has 0 saturated carbocycles. The molecule has 0 unspecified atom stereocenters. The van der Waals surface area contributed by atoms with Crippen LogP contribution in [0.3, 0.4) is 0 Å². The lowest BCUT2D eigenvalue weighted by Gasteiger charge is -2.40. The van der Waals surface area contributed by atoms with Crippen LogP contribution in [0.2, 0.25) is 0 Å². The van der Waals surface area contributed by atoms with Gasteiger partial charge >= 0.3 is 0 Å². The summed E-state index contributed by atoms with van der Waals surface area (Å²) in [4.78, 5) is 19.1. The number of hydrogen-bond acceptors (Lipinski definition) is 4. The maximum Gasteiger partial charge on any atom is 0.257 e. The normalized spacial score (nSPS) is 22.2. The van der Waals surface area contributed by atoms with Crippen LogP contribution in [0.1, 0.15) is 48.7 Å². The van der Waals surface area contributed by atoms with E-state index in [0.717, 1.165) is 6.07 Å². The molecule has 1 fully saturated rings. The monoisotopic (exact) mass is 503 g/mol. The van der Waals surface area contributed by atoms with Gasteiger partial charge in [0.25, 0.3) is 5.92 Å². The Balaban J connectivity index is 1.28. The topological polar surface area (TPSA) is 77.1 Å². The van der Waals surface area contributed by atoms with Gasteiger partial charge in [0.05, 0.1) is 18.0 Å². The van der Waals surface area contributed by atoms with E-state index in [2.05, 4.69) is 10.3 Å². The molecule has 1 amide bonds. The summed E-state index contributed by atoms with van der Waals surface area (Å²) in [6, 6.07) is 5.15. The van der Waals surface area contributed by atoms with Crippen molar-refractivity contribution in [3.63, 3.8) is 0 Å². The van der Waals surface area contributed by atoms with E-state index in [9.17, 15) is 27.6 Å². The van der Waals surface area contributed by atoms with Crippen molar-refractivity contribution in [2.75, 3.05) is 18.4 Å². The Morgan fingerprint density at radius 2 is 1.89 bits per heavy atom. The summed E-state index contributed by atoms with van der Waals surface area (Å²) >= 11 is 0. The molecule has 2 aliphatic rings. The van der Waals surface area contributed by atoms with Crippen molar-refractivity contribution >= 4 is 11.7 Å². The number of piperidine rings is 1. The van der Waals surface area contributed by atoms with E-state index >= 15 is 0 Å². The number of likely N-dealkylation sites (tertiary alicyclic amines) is 1. The molecule has 0 spiro atoms. The van der Waals surface area contributed by atoms with Crippen LogP contribution in [0.4, 0.5) is 23.4 Å². The fraction of sp³-hybridized carbons (Fsp3) is 0.400. The summed E-state index contributed by atoms with van der Waals surface area (Å²) in [5, 5.41) is 14.1. The van der Waals surface area contributed by atoms with E-state index in [1.807, 2.05) is 0 Å². The Labute approximate surface area is 204 Å². The largest absolute Gasteiger partial charge is 0.619 e. The minimum Gasteiger partial charge on any atom is -0.619 e. The molecule has 11 heteroatoms. The first-order chi connectivity index (χ1) is 17.1. The van der Waals surface area contributed by atoms with E-state index in [-0.39, 0.29) is 19.1 Å². The number of alkyl halides is 2. The first-order valence-corrected chi connectivity index (χ1v) is 11.8. The maximum atomic E-state index is 14.7. The molecule has 0 radical (unpaired) electrons. The summed E-state index contributed by atoms with van der Waals surface area (Å²) in [5.74, 6) is -4.84. The summed E-state index contributed by atoms with van der Waals surface area (Å²) in [6.45, 7) is 1.64. The fourth-order valence-corrected chi connectivity index (χ4v) is 5.13. The molecular weight excluding hydrogens is 478 g/mol. The quantitative estimate of drug-likeness (QED) is 0.327. The van der Waals surface area contributed by atoms with Crippen molar-refractivity contribution in [3.05, 3.63) is 82.7 Å². The zero-order valence-electron chi connectivity index (χ0n) is 19.5. The van der Waals surface area contributed by atoms with Gasteiger partial charge in [0.15, 0.2) is 18.2 Å². The number of pyridine rings is 1. The molecule has 190 valence electrons. The zero-order chi connectivity index (χ0) is 25.6. The number of imidazole rings is 1. The second-order valence-corrected chi connectivity index (χ2v) is 9.42. The average molecular weight is 504 g/mol. The lowest BCUT2D eigenvalue weighted by Crippen LogP contribution is -2.52.